The summed E-state index contributed by atoms with van der Waals surface area (Å²) in [5.41, 5.74) is 1.48. The smallest absolute Gasteiger partial charge is 0.315 e. The highest BCUT2D eigenvalue weighted by molar-refractivity contribution is 5.96. The van der Waals surface area contributed by atoms with Crippen molar-refractivity contribution in [1.29, 1.82) is 5.26 Å². The molecule has 0 fully saturated rings. The first-order valence-corrected chi connectivity index (χ1v) is 10.8. The predicted octanol–water partition coefficient (Wildman–Crippen LogP) is 4.69. The fraction of sp³-hybridized carbons (Fsp3) is 0.500. The summed E-state index contributed by atoms with van der Waals surface area (Å²) < 4.78 is 1.81. The van der Waals surface area contributed by atoms with Crippen LogP contribution in [0.2, 0.25) is 0 Å². The molecule has 3 amide bonds. The van der Waals surface area contributed by atoms with E-state index in [2.05, 4.69) is 31.4 Å². The van der Waals surface area contributed by atoms with E-state index < -0.39 is 0 Å². The monoisotopic (exact) mass is 438 g/mol. The topological polar surface area (TPSA) is 103 Å². The zero-order valence-electron chi connectivity index (χ0n) is 20.1. The third-order valence-electron chi connectivity index (χ3n) is 4.76. The molecule has 0 bridgehead atoms. The number of benzene rings is 1. The minimum absolute atomic E-state index is 0.0872. The van der Waals surface area contributed by atoms with Crippen molar-refractivity contribution in [3.63, 3.8) is 0 Å². The lowest BCUT2D eigenvalue weighted by Gasteiger charge is -2.24. The molecule has 0 spiro atoms. The second kappa shape index (κ2) is 9.86. The molecule has 32 heavy (non-hydrogen) atoms. The van der Waals surface area contributed by atoms with Crippen LogP contribution in [0.1, 0.15) is 66.1 Å². The molecule has 1 heterocycles. The summed E-state index contributed by atoms with van der Waals surface area (Å²) in [4.78, 5) is 27.1. The van der Waals surface area contributed by atoms with E-state index in [0.29, 0.717) is 30.0 Å². The third-order valence-corrected chi connectivity index (χ3v) is 4.76. The molecule has 0 atom stereocenters. The summed E-state index contributed by atoms with van der Waals surface area (Å²) in [5.74, 6) is 0.315. The maximum absolute atomic E-state index is 12.9. The first-order valence-electron chi connectivity index (χ1n) is 10.8. The van der Waals surface area contributed by atoms with Crippen LogP contribution in [0.5, 0.6) is 0 Å². The van der Waals surface area contributed by atoms with Crippen LogP contribution in [0.4, 0.5) is 16.3 Å². The molecule has 0 aliphatic rings. The van der Waals surface area contributed by atoms with Crippen molar-refractivity contribution in [2.75, 3.05) is 23.7 Å². The highest BCUT2D eigenvalue weighted by atomic mass is 16.2. The highest BCUT2D eigenvalue weighted by Gasteiger charge is 2.26. The zero-order valence-corrected chi connectivity index (χ0v) is 20.1. The van der Waals surface area contributed by atoms with Crippen LogP contribution in [0.15, 0.2) is 30.3 Å². The molecule has 172 valence electrons. The van der Waals surface area contributed by atoms with Gasteiger partial charge >= 0.3 is 6.03 Å². The van der Waals surface area contributed by atoms with Crippen molar-refractivity contribution in [3.8, 4) is 6.07 Å². The van der Waals surface area contributed by atoms with Crippen LogP contribution < -0.4 is 10.6 Å². The average molecular weight is 439 g/mol. The Morgan fingerprint density at radius 2 is 1.72 bits per heavy atom. The quantitative estimate of drug-likeness (QED) is 0.683. The third kappa shape index (κ3) is 6.58. The lowest BCUT2D eigenvalue weighted by Crippen LogP contribution is -2.41. The molecule has 1 aromatic carbocycles. The largest absolute Gasteiger partial charge is 0.322 e. The minimum atomic E-state index is -0.369. The van der Waals surface area contributed by atoms with Gasteiger partial charge in [-0.3, -0.25) is 4.79 Å². The van der Waals surface area contributed by atoms with E-state index in [-0.39, 0.29) is 29.4 Å². The standard InChI is InChI=1S/C24H34N6O2/c1-8-13-29(22(32)26-18-11-9-17(15-25)10-12-18)16-21(31)27-20-14-19(23(2,3)4)28-30(20)24(5,6)7/h9-12,14H,8,13,16H2,1-7H3,(H,26,32)(H,27,31). The Labute approximate surface area is 190 Å². The molecule has 8 nitrogen and oxygen atoms in total. The second-order valence-electron chi connectivity index (χ2n) is 9.84. The number of amides is 3. The number of carbonyl (C=O) groups excluding carboxylic acids is 2. The summed E-state index contributed by atoms with van der Waals surface area (Å²) in [6.07, 6.45) is 0.710. The second-order valence-corrected chi connectivity index (χ2v) is 9.84. The Kier molecular flexibility index (Phi) is 7.68. The van der Waals surface area contributed by atoms with Gasteiger partial charge in [0.05, 0.1) is 22.9 Å². The van der Waals surface area contributed by atoms with Gasteiger partial charge < -0.3 is 15.5 Å². The number of carbonyl (C=O) groups is 2. The van der Waals surface area contributed by atoms with Gasteiger partial charge in [0.15, 0.2) is 0 Å². The number of nitriles is 1. The zero-order chi connectivity index (χ0) is 24.1. The van der Waals surface area contributed by atoms with Crippen LogP contribution >= 0.6 is 0 Å². The predicted molar refractivity (Wildman–Crippen MR) is 127 cm³/mol. The molecule has 2 N–H and O–H groups in total. The van der Waals surface area contributed by atoms with Crippen LogP contribution in [-0.2, 0) is 15.7 Å². The van der Waals surface area contributed by atoms with Crippen molar-refractivity contribution in [1.82, 2.24) is 14.7 Å². The lowest BCUT2D eigenvalue weighted by molar-refractivity contribution is -0.116. The van der Waals surface area contributed by atoms with Gasteiger partial charge in [-0.2, -0.15) is 10.4 Å². The molecule has 0 unspecified atom stereocenters. The minimum Gasteiger partial charge on any atom is -0.315 e. The van der Waals surface area contributed by atoms with Crippen LogP contribution in [0.3, 0.4) is 0 Å². The SMILES string of the molecule is CCCN(CC(=O)Nc1cc(C(C)(C)C)nn1C(C)(C)C)C(=O)Nc1ccc(C#N)cc1. The molecule has 1 aromatic heterocycles. The van der Waals surface area contributed by atoms with E-state index in [1.807, 2.05) is 44.5 Å². The fourth-order valence-electron chi connectivity index (χ4n) is 3.06. The summed E-state index contributed by atoms with van der Waals surface area (Å²) in [6, 6.07) is 10.2. The van der Waals surface area contributed by atoms with Gasteiger partial charge in [0, 0.05) is 23.7 Å². The average Bonchev–Trinajstić information content (AvgIpc) is 3.13. The molecule has 0 saturated carbocycles. The Morgan fingerprint density at radius 1 is 1.09 bits per heavy atom. The van der Waals surface area contributed by atoms with Gasteiger partial charge in [0.2, 0.25) is 5.91 Å². The lowest BCUT2D eigenvalue weighted by atomic mass is 9.92. The number of hydrogen-bond donors (Lipinski definition) is 2. The maximum Gasteiger partial charge on any atom is 0.322 e. The van der Waals surface area contributed by atoms with Gasteiger partial charge in [-0.15, -0.1) is 0 Å². The van der Waals surface area contributed by atoms with Crippen LogP contribution in [0.25, 0.3) is 0 Å². The molecule has 0 aliphatic heterocycles. The van der Waals surface area contributed by atoms with Gasteiger partial charge in [-0.05, 0) is 51.5 Å². The van der Waals surface area contributed by atoms with Crippen molar-refractivity contribution in [2.24, 2.45) is 0 Å². The summed E-state index contributed by atoms with van der Waals surface area (Å²) in [6.45, 7) is 14.6. The molecule has 0 aliphatic carbocycles. The Balaban J connectivity index is 2.15. The number of nitrogens with one attached hydrogen (secondary N) is 2. The molecule has 0 radical (unpaired) electrons. The Morgan fingerprint density at radius 3 is 2.22 bits per heavy atom. The first-order chi connectivity index (χ1) is 14.8. The number of hydrogen-bond acceptors (Lipinski definition) is 4. The molecular weight excluding hydrogens is 404 g/mol. The molecule has 2 rings (SSSR count). The molecule has 8 heteroatoms. The number of aromatic nitrogens is 2. The number of anilines is 2. The van der Waals surface area contributed by atoms with Crippen molar-refractivity contribution in [2.45, 2.75) is 65.8 Å². The van der Waals surface area contributed by atoms with E-state index in [0.717, 1.165) is 5.69 Å². The number of nitrogens with zero attached hydrogens (tertiary/aromatic N) is 4. The van der Waals surface area contributed by atoms with Gasteiger partial charge in [-0.25, -0.2) is 9.48 Å². The van der Waals surface area contributed by atoms with Crippen molar-refractivity contribution < 1.29 is 9.59 Å². The Bertz CT molecular complexity index is 987. The first kappa shape index (κ1) is 24.9. The van der Waals surface area contributed by atoms with E-state index >= 15 is 0 Å². The number of urea groups is 1. The van der Waals surface area contributed by atoms with Gasteiger partial charge in [0.25, 0.3) is 0 Å². The van der Waals surface area contributed by atoms with Gasteiger partial charge in [0.1, 0.15) is 12.4 Å². The summed E-state index contributed by atoms with van der Waals surface area (Å²) in [5, 5.41) is 19.3. The fourth-order valence-corrected chi connectivity index (χ4v) is 3.06. The van der Waals surface area contributed by atoms with E-state index in [1.165, 1.54) is 4.90 Å². The van der Waals surface area contributed by atoms with Crippen molar-refractivity contribution in [3.05, 3.63) is 41.6 Å². The number of rotatable bonds is 6. The molecular formula is C24H34N6O2. The Hall–Kier alpha value is -3.34. The van der Waals surface area contributed by atoms with Crippen LogP contribution in [0, 0.1) is 11.3 Å². The van der Waals surface area contributed by atoms with Crippen molar-refractivity contribution >= 4 is 23.4 Å². The van der Waals surface area contributed by atoms with E-state index in [1.54, 1.807) is 24.3 Å². The van der Waals surface area contributed by atoms with E-state index in [4.69, 9.17) is 10.4 Å². The normalized spacial score (nSPS) is 11.6. The summed E-state index contributed by atoms with van der Waals surface area (Å²) in [7, 11) is 0. The maximum atomic E-state index is 12.9. The van der Waals surface area contributed by atoms with Crippen LogP contribution in [-0.4, -0.2) is 39.7 Å². The highest BCUT2D eigenvalue weighted by Crippen LogP contribution is 2.28. The molecule has 2 aromatic rings. The molecule has 0 saturated heterocycles. The van der Waals surface area contributed by atoms with Gasteiger partial charge in [-0.1, -0.05) is 27.7 Å². The van der Waals surface area contributed by atoms with E-state index in [9.17, 15) is 9.59 Å². The summed E-state index contributed by atoms with van der Waals surface area (Å²) >= 11 is 0.